The number of nitrogens with two attached hydrogens (primary N) is 1. The maximum absolute atomic E-state index is 12.0. The predicted octanol–water partition coefficient (Wildman–Crippen LogP) is 1.43. The number of primary amides is 1. The molecule has 2 aliphatic carbocycles. The van der Waals surface area contributed by atoms with Crippen molar-refractivity contribution in [2.24, 2.45) is 5.73 Å². The maximum atomic E-state index is 12.0. The van der Waals surface area contributed by atoms with Gasteiger partial charge in [0.05, 0.1) is 16.4 Å². The quantitative estimate of drug-likeness (QED) is 0.567. The van der Waals surface area contributed by atoms with Crippen LogP contribution in [0.4, 0.5) is 5.00 Å². The number of ether oxygens (including phenoxy) is 1. The summed E-state index contributed by atoms with van der Waals surface area (Å²) in [6.07, 6.45) is 3.21. The molecule has 1 aromatic rings. The normalized spacial score (nSPS) is 18.6. The van der Waals surface area contributed by atoms with E-state index in [0.29, 0.717) is 30.5 Å². The number of amides is 2. The molecule has 1 aromatic heterocycles. The lowest BCUT2D eigenvalue weighted by Crippen LogP contribution is -2.29. The van der Waals surface area contributed by atoms with Crippen LogP contribution in [0.2, 0.25) is 0 Å². The Morgan fingerprint density at radius 1 is 1.54 bits per heavy atom. The minimum Gasteiger partial charge on any atom is -0.383 e. The second kappa shape index (κ2) is 7.01. The van der Waals surface area contributed by atoms with E-state index in [0.717, 1.165) is 23.6 Å². The van der Waals surface area contributed by atoms with E-state index < -0.39 is 17.4 Å². The number of hydrogen-bond acceptors (Lipinski definition) is 7. The van der Waals surface area contributed by atoms with Crippen molar-refractivity contribution in [2.75, 3.05) is 25.6 Å². The smallest absolute Gasteiger partial charge is 0.256 e. The molecule has 0 bridgehead atoms. The van der Waals surface area contributed by atoms with E-state index in [1.165, 1.54) is 11.3 Å². The van der Waals surface area contributed by atoms with Crippen LogP contribution in [0.25, 0.3) is 0 Å². The summed E-state index contributed by atoms with van der Waals surface area (Å²) in [5, 5.41) is 12.9. The van der Waals surface area contributed by atoms with E-state index in [9.17, 15) is 14.7 Å². The summed E-state index contributed by atoms with van der Waals surface area (Å²) in [7, 11) is 1.67. The number of nitrogens with one attached hydrogen (secondary N) is 1. The summed E-state index contributed by atoms with van der Waals surface area (Å²) < 4.78 is 8.26. The highest BCUT2D eigenvalue weighted by Crippen LogP contribution is 2.42. The summed E-state index contributed by atoms with van der Waals surface area (Å²) in [4.78, 5) is 23.7. The summed E-state index contributed by atoms with van der Waals surface area (Å²) in [6, 6.07) is 2.22. The van der Waals surface area contributed by atoms with Crippen LogP contribution in [-0.4, -0.2) is 53.1 Å². The topological polar surface area (TPSA) is 105 Å². The first-order valence-corrected chi connectivity index (χ1v) is 9.43. The molecule has 0 aliphatic heterocycles. The van der Waals surface area contributed by atoms with Crippen LogP contribution in [0.1, 0.15) is 36.0 Å². The first kappa shape index (κ1) is 17.7. The molecule has 0 radical (unpaired) electrons. The molecule has 0 atom stereocenters. The van der Waals surface area contributed by atoms with Crippen molar-refractivity contribution >= 4 is 40.1 Å². The highest BCUT2D eigenvalue weighted by molar-refractivity contribution is 7.99. The molecule has 2 amide bonds. The highest BCUT2D eigenvalue weighted by Gasteiger charge is 2.48. The molecule has 7 nitrogen and oxygen atoms in total. The lowest BCUT2D eigenvalue weighted by molar-refractivity contribution is -0.125. The van der Waals surface area contributed by atoms with Gasteiger partial charge in [-0.3, -0.25) is 9.59 Å². The Hall–Kier alpha value is -1.13. The van der Waals surface area contributed by atoms with Gasteiger partial charge in [0.1, 0.15) is 10.6 Å². The minimum atomic E-state index is -1.29. The van der Waals surface area contributed by atoms with Gasteiger partial charge in [0.15, 0.2) is 0 Å². The Balaban J connectivity index is 1.72. The van der Waals surface area contributed by atoms with Gasteiger partial charge in [-0.2, -0.15) is 0 Å². The van der Waals surface area contributed by atoms with Crippen molar-refractivity contribution in [2.45, 2.75) is 41.5 Å². The lowest BCUT2D eigenvalue weighted by atomic mass is 10.3. The average molecular weight is 371 g/mol. The molecule has 9 heteroatoms. The van der Waals surface area contributed by atoms with Crippen LogP contribution in [0.3, 0.4) is 0 Å². The monoisotopic (exact) mass is 371 g/mol. The van der Waals surface area contributed by atoms with E-state index in [4.69, 9.17) is 10.5 Å². The molecule has 132 valence electrons. The number of anilines is 1. The van der Waals surface area contributed by atoms with Crippen molar-refractivity contribution in [1.29, 1.82) is 0 Å². The predicted molar refractivity (Wildman–Crippen MR) is 93.1 cm³/mol. The van der Waals surface area contributed by atoms with Crippen LogP contribution in [0, 0.1) is 0 Å². The second-order valence-electron chi connectivity index (χ2n) is 6.11. The van der Waals surface area contributed by atoms with E-state index in [1.54, 1.807) is 25.1 Å². The van der Waals surface area contributed by atoms with Gasteiger partial charge in [0.25, 0.3) is 11.8 Å². The van der Waals surface area contributed by atoms with E-state index in [2.05, 4.69) is 9.62 Å². The molecule has 4 N–H and O–H groups in total. The number of thiophene rings is 1. The average Bonchev–Trinajstić information content (AvgIpc) is 3.45. The van der Waals surface area contributed by atoms with Gasteiger partial charge in [-0.05, 0) is 43.7 Å². The minimum absolute atomic E-state index is 0.280. The second-order valence-corrected chi connectivity index (χ2v) is 8.52. The lowest BCUT2D eigenvalue weighted by Gasteiger charge is -2.18. The zero-order valence-electron chi connectivity index (χ0n) is 13.4. The van der Waals surface area contributed by atoms with Crippen LogP contribution < -0.4 is 11.1 Å². The first-order valence-electron chi connectivity index (χ1n) is 7.84. The number of nitrogens with zero attached hydrogens (tertiary/aromatic N) is 1. The first-order chi connectivity index (χ1) is 11.4. The largest absolute Gasteiger partial charge is 0.383 e. The fraction of sp³-hybridized carbons (Fsp3) is 0.600. The molecule has 24 heavy (non-hydrogen) atoms. The van der Waals surface area contributed by atoms with Crippen LogP contribution >= 0.6 is 23.3 Å². The Labute approximate surface area is 148 Å². The fourth-order valence-corrected chi connectivity index (χ4v) is 4.62. The third kappa shape index (κ3) is 4.09. The van der Waals surface area contributed by atoms with Crippen molar-refractivity contribution in [3.63, 3.8) is 0 Å². The summed E-state index contributed by atoms with van der Waals surface area (Å²) in [5.41, 5.74) is 4.42. The van der Waals surface area contributed by atoms with E-state index in [-0.39, 0.29) is 5.56 Å². The fourth-order valence-electron chi connectivity index (χ4n) is 2.22. The van der Waals surface area contributed by atoms with Crippen molar-refractivity contribution in [3.05, 3.63) is 11.6 Å². The van der Waals surface area contributed by atoms with Crippen LogP contribution in [-0.2, 0) is 9.53 Å². The summed E-state index contributed by atoms with van der Waals surface area (Å²) >= 11 is 2.86. The van der Waals surface area contributed by atoms with Gasteiger partial charge >= 0.3 is 0 Å². The Morgan fingerprint density at radius 2 is 2.25 bits per heavy atom. The van der Waals surface area contributed by atoms with E-state index >= 15 is 0 Å². The highest BCUT2D eigenvalue weighted by atomic mass is 32.2. The third-order valence-corrected chi connectivity index (χ3v) is 6.36. The number of hydrogen-bond donors (Lipinski definition) is 3. The van der Waals surface area contributed by atoms with Gasteiger partial charge in [0.2, 0.25) is 0 Å². The van der Waals surface area contributed by atoms with Crippen molar-refractivity contribution in [3.8, 4) is 0 Å². The molecule has 0 aromatic carbocycles. The number of carbonyl (C=O) groups excluding carboxylic acids is 2. The molecule has 0 saturated heterocycles. The van der Waals surface area contributed by atoms with Crippen LogP contribution in [0.15, 0.2) is 10.3 Å². The van der Waals surface area contributed by atoms with Crippen LogP contribution in [0.5, 0.6) is 0 Å². The van der Waals surface area contributed by atoms with Gasteiger partial charge in [-0.15, -0.1) is 11.3 Å². The molecule has 2 saturated carbocycles. The van der Waals surface area contributed by atoms with Crippen molar-refractivity contribution in [1.82, 2.24) is 4.31 Å². The number of rotatable bonds is 9. The summed E-state index contributed by atoms with van der Waals surface area (Å²) in [5.74, 6) is -1.06. The molecule has 0 unspecified atom stereocenters. The van der Waals surface area contributed by atoms with Gasteiger partial charge in [-0.25, -0.2) is 4.31 Å². The molecule has 1 heterocycles. The number of carbonyl (C=O) groups is 2. The van der Waals surface area contributed by atoms with Crippen molar-refractivity contribution < 1.29 is 19.4 Å². The third-order valence-electron chi connectivity index (χ3n) is 4.03. The summed E-state index contributed by atoms with van der Waals surface area (Å²) in [6.45, 7) is 1.42. The van der Waals surface area contributed by atoms with Gasteiger partial charge in [0, 0.05) is 19.7 Å². The Morgan fingerprint density at radius 3 is 2.79 bits per heavy atom. The Kier molecular flexibility index (Phi) is 5.16. The SMILES string of the molecule is COCCN(Sc1cc(C(N)=O)c(NC(=O)C2(O)CC2)s1)C1CC1. The molecular formula is C15H21N3O4S2. The van der Waals surface area contributed by atoms with Gasteiger partial charge in [-0.1, -0.05) is 0 Å². The molecular weight excluding hydrogens is 350 g/mol. The zero-order chi connectivity index (χ0) is 17.3. The zero-order valence-corrected chi connectivity index (χ0v) is 15.0. The molecule has 2 fully saturated rings. The number of methoxy groups -OCH3 is 1. The standard InChI is InChI=1S/C15H21N3O4S2/c1-22-7-6-18(9-2-3-9)24-11-8-10(12(16)19)13(23-11)17-14(20)15(21)4-5-15/h8-9,21H,2-7H2,1H3,(H2,16,19)(H,17,20). The Bertz CT molecular complexity index is 641. The van der Waals surface area contributed by atoms with Gasteiger partial charge < -0.3 is 20.9 Å². The molecule has 2 aliphatic rings. The molecule has 3 rings (SSSR count). The molecule has 0 spiro atoms. The van der Waals surface area contributed by atoms with E-state index in [1.807, 2.05) is 0 Å². The number of aliphatic hydroxyl groups is 1. The maximum Gasteiger partial charge on any atom is 0.256 e.